The second kappa shape index (κ2) is 7.39. The van der Waals surface area contributed by atoms with Crippen LogP contribution in [0.4, 0.5) is 0 Å². The van der Waals surface area contributed by atoms with Crippen LogP contribution in [-0.2, 0) is 11.3 Å². The number of hydrogen-bond acceptors (Lipinski definition) is 2. The molecule has 1 aliphatic carbocycles. The van der Waals surface area contributed by atoms with Gasteiger partial charge in [-0.25, -0.2) is 0 Å². The van der Waals surface area contributed by atoms with Crippen molar-refractivity contribution in [3.63, 3.8) is 0 Å². The molecule has 0 bridgehead atoms. The van der Waals surface area contributed by atoms with Gasteiger partial charge in [0.25, 0.3) is 0 Å². The average molecular weight is 281 g/mol. The van der Waals surface area contributed by atoms with E-state index in [1.807, 2.05) is 0 Å². The summed E-state index contributed by atoms with van der Waals surface area (Å²) < 4.78 is 0. The third-order valence-corrected chi connectivity index (χ3v) is 4.16. The van der Waals surface area contributed by atoms with Gasteiger partial charge in [-0.1, -0.05) is 73.5 Å². The summed E-state index contributed by atoms with van der Waals surface area (Å²) in [6.07, 6.45) is 6.27. The number of rotatable bonds is 6. The summed E-state index contributed by atoms with van der Waals surface area (Å²) in [5, 5.41) is 0. The Bertz CT molecular complexity index is 520. The smallest absolute Gasteiger partial charge is 0.0790 e. The maximum atomic E-state index is 5.94. The lowest BCUT2D eigenvalue weighted by Gasteiger charge is -2.21. The number of benzene rings is 2. The minimum Gasteiger partial charge on any atom is -0.298 e. The fourth-order valence-electron chi connectivity index (χ4n) is 2.95. The van der Waals surface area contributed by atoms with Gasteiger partial charge in [0.1, 0.15) is 0 Å². The largest absolute Gasteiger partial charge is 0.298 e. The molecule has 2 aromatic carbocycles. The highest BCUT2D eigenvalue weighted by molar-refractivity contribution is 5.23. The van der Waals surface area contributed by atoms with Gasteiger partial charge in [0.05, 0.1) is 12.1 Å². The van der Waals surface area contributed by atoms with E-state index in [0.29, 0.717) is 6.10 Å². The molecule has 3 rings (SSSR count). The molecule has 110 valence electrons. The first-order chi connectivity index (χ1) is 10.4. The standard InChI is InChI=1S/C19H23NO/c1-3-9-16(10-4-1)15-19(17-11-5-2-6-12-17)20-21-18-13-7-8-14-18/h1-6,9-12,18-20H,7-8,13-15H2. The van der Waals surface area contributed by atoms with Crippen molar-refractivity contribution >= 4 is 0 Å². The Balaban J connectivity index is 1.68. The molecule has 0 aliphatic heterocycles. The summed E-state index contributed by atoms with van der Waals surface area (Å²) in [7, 11) is 0. The second-order valence-corrected chi connectivity index (χ2v) is 5.80. The fraction of sp³-hybridized carbons (Fsp3) is 0.368. The molecule has 0 aromatic heterocycles. The number of hydroxylamine groups is 1. The van der Waals surface area contributed by atoms with Crippen LogP contribution in [0.25, 0.3) is 0 Å². The number of hydrogen-bond donors (Lipinski definition) is 1. The lowest BCUT2D eigenvalue weighted by molar-refractivity contribution is -0.0408. The third kappa shape index (κ3) is 4.16. The molecule has 2 aromatic rings. The van der Waals surface area contributed by atoms with Crippen molar-refractivity contribution in [2.24, 2.45) is 0 Å². The van der Waals surface area contributed by atoms with Crippen LogP contribution in [-0.4, -0.2) is 6.10 Å². The predicted molar refractivity (Wildman–Crippen MR) is 85.8 cm³/mol. The Morgan fingerprint density at radius 1 is 0.905 bits per heavy atom. The molecule has 0 amide bonds. The zero-order valence-corrected chi connectivity index (χ0v) is 12.4. The fourth-order valence-corrected chi connectivity index (χ4v) is 2.95. The van der Waals surface area contributed by atoms with Gasteiger partial charge in [0, 0.05) is 0 Å². The molecule has 1 unspecified atom stereocenters. The highest BCUT2D eigenvalue weighted by Crippen LogP contribution is 2.23. The van der Waals surface area contributed by atoms with Crippen LogP contribution in [0.3, 0.4) is 0 Å². The first-order valence-corrected chi connectivity index (χ1v) is 7.92. The van der Waals surface area contributed by atoms with Crippen molar-refractivity contribution in [2.75, 3.05) is 0 Å². The molecule has 1 atom stereocenters. The summed E-state index contributed by atoms with van der Waals surface area (Å²) in [6.45, 7) is 0. The van der Waals surface area contributed by atoms with Crippen LogP contribution in [0.5, 0.6) is 0 Å². The topological polar surface area (TPSA) is 21.3 Å². The molecule has 0 heterocycles. The first kappa shape index (κ1) is 14.3. The molecular weight excluding hydrogens is 258 g/mol. The Hall–Kier alpha value is -1.64. The maximum Gasteiger partial charge on any atom is 0.0790 e. The van der Waals surface area contributed by atoms with E-state index < -0.39 is 0 Å². The van der Waals surface area contributed by atoms with E-state index in [1.165, 1.54) is 36.8 Å². The summed E-state index contributed by atoms with van der Waals surface area (Å²) in [5.74, 6) is 0. The zero-order chi connectivity index (χ0) is 14.3. The van der Waals surface area contributed by atoms with E-state index in [4.69, 9.17) is 4.84 Å². The molecule has 1 aliphatic rings. The quantitative estimate of drug-likeness (QED) is 0.791. The Kier molecular flexibility index (Phi) is 5.03. The van der Waals surface area contributed by atoms with Gasteiger partial charge >= 0.3 is 0 Å². The molecule has 21 heavy (non-hydrogen) atoms. The maximum absolute atomic E-state index is 5.94. The number of nitrogens with one attached hydrogen (secondary N) is 1. The van der Waals surface area contributed by atoms with Crippen molar-refractivity contribution in [3.8, 4) is 0 Å². The third-order valence-electron chi connectivity index (χ3n) is 4.16. The summed E-state index contributed by atoms with van der Waals surface area (Å²) in [5.41, 5.74) is 5.93. The van der Waals surface area contributed by atoms with E-state index in [1.54, 1.807) is 0 Å². The highest BCUT2D eigenvalue weighted by atomic mass is 16.7. The Morgan fingerprint density at radius 3 is 2.19 bits per heavy atom. The van der Waals surface area contributed by atoms with Gasteiger partial charge < -0.3 is 0 Å². The highest BCUT2D eigenvalue weighted by Gasteiger charge is 2.19. The van der Waals surface area contributed by atoms with Crippen molar-refractivity contribution in [3.05, 3.63) is 71.8 Å². The van der Waals surface area contributed by atoms with Crippen LogP contribution >= 0.6 is 0 Å². The van der Waals surface area contributed by atoms with E-state index in [-0.39, 0.29) is 6.04 Å². The van der Waals surface area contributed by atoms with E-state index in [2.05, 4.69) is 66.1 Å². The minimum atomic E-state index is 0.203. The Labute approximate surface area is 127 Å². The molecule has 0 saturated heterocycles. The lowest BCUT2D eigenvalue weighted by atomic mass is 10.00. The molecule has 2 nitrogen and oxygen atoms in total. The monoisotopic (exact) mass is 281 g/mol. The normalized spacial score (nSPS) is 17.0. The lowest BCUT2D eigenvalue weighted by Crippen LogP contribution is -2.28. The van der Waals surface area contributed by atoms with Crippen LogP contribution in [0.2, 0.25) is 0 Å². The SMILES string of the molecule is c1ccc(CC(NOC2CCCC2)c2ccccc2)cc1. The predicted octanol–water partition coefficient (Wildman–Crippen LogP) is 4.43. The van der Waals surface area contributed by atoms with Gasteiger partial charge in [-0.2, -0.15) is 5.48 Å². The van der Waals surface area contributed by atoms with Crippen LogP contribution < -0.4 is 5.48 Å². The molecule has 0 radical (unpaired) electrons. The van der Waals surface area contributed by atoms with Gasteiger partial charge in [-0.05, 0) is 30.4 Å². The Morgan fingerprint density at radius 2 is 1.52 bits per heavy atom. The zero-order valence-electron chi connectivity index (χ0n) is 12.4. The van der Waals surface area contributed by atoms with E-state index in [0.717, 1.165) is 6.42 Å². The van der Waals surface area contributed by atoms with Gasteiger partial charge in [0.15, 0.2) is 0 Å². The molecule has 1 N–H and O–H groups in total. The molecular formula is C19H23NO. The average Bonchev–Trinajstić information content (AvgIpc) is 3.07. The molecule has 0 spiro atoms. The summed E-state index contributed by atoms with van der Waals surface area (Å²) >= 11 is 0. The van der Waals surface area contributed by atoms with E-state index >= 15 is 0 Å². The molecule has 1 fully saturated rings. The van der Waals surface area contributed by atoms with Gasteiger partial charge in [0.2, 0.25) is 0 Å². The van der Waals surface area contributed by atoms with E-state index in [9.17, 15) is 0 Å². The summed E-state index contributed by atoms with van der Waals surface area (Å²) in [6, 6.07) is 21.4. The summed E-state index contributed by atoms with van der Waals surface area (Å²) in [4.78, 5) is 5.94. The van der Waals surface area contributed by atoms with Gasteiger partial charge in [-0.3, -0.25) is 4.84 Å². The van der Waals surface area contributed by atoms with Crippen LogP contribution in [0.1, 0.15) is 42.9 Å². The van der Waals surface area contributed by atoms with Crippen LogP contribution in [0, 0.1) is 0 Å². The van der Waals surface area contributed by atoms with Crippen LogP contribution in [0.15, 0.2) is 60.7 Å². The molecule has 2 heteroatoms. The van der Waals surface area contributed by atoms with Crippen molar-refractivity contribution < 1.29 is 4.84 Å². The van der Waals surface area contributed by atoms with Crippen molar-refractivity contribution in [1.82, 2.24) is 5.48 Å². The molecule has 1 saturated carbocycles. The second-order valence-electron chi connectivity index (χ2n) is 5.80. The van der Waals surface area contributed by atoms with Gasteiger partial charge in [-0.15, -0.1) is 0 Å². The van der Waals surface area contributed by atoms with Crippen molar-refractivity contribution in [1.29, 1.82) is 0 Å². The first-order valence-electron chi connectivity index (χ1n) is 7.92. The van der Waals surface area contributed by atoms with Crippen molar-refractivity contribution in [2.45, 2.75) is 44.2 Å². The minimum absolute atomic E-state index is 0.203.